The van der Waals surface area contributed by atoms with Crippen molar-refractivity contribution in [3.05, 3.63) is 143 Å². The highest BCUT2D eigenvalue weighted by Crippen LogP contribution is 2.28. The molecule has 4 heterocycles. The SMILES string of the molecule is C#Cc1ccccc1.Nc1nccc(Nc2cc(Br)c3[nH]ncc3c2)n1.Nc1nccc(Nc2cc(C#Cc3ccccc3)c3[nH]ncc3c2)n1. The number of halogens is 1. The fraction of sp³-hybridized carbons (Fsp3) is 0. The number of fused-ring (bicyclic) bond motifs is 2. The molecule has 12 nitrogen and oxygen atoms in total. The van der Waals surface area contributed by atoms with E-state index in [0.717, 1.165) is 54.3 Å². The Morgan fingerprint density at radius 2 is 1.16 bits per heavy atom. The summed E-state index contributed by atoms with van der Waals surface area (Å²) in [5.74, 6) is 10.6. The lowest BCUT2D eigenvalue weighted by Crippen LogP contribution is -1.99. The first kappa shape index (κ1) is 33.7. The predicted molar refractivity (Wildman–Crippen MR) is 206 cm³/mol. The minimum Gasteiger partial charge on any atom is -0.368 e. The van der Waals surface area contributed by atoms with E-state index in [2.05, 4.69) is 84.7 Å². The highest BCUT2D eigenvalue weighted by Gasteiger charge is 2.07. The summed E-state index contributed by atoms with van der Waals surface area (Å²) in [4.78, 5) is 16.0. The van der Waals surface area contributed by atoms with Crippen LogP contribution < -0.4 is 22.1 Å². The molecule has 0 spiro atoms. The molecular formula is C38H29BrN12. The van der Waals surface area contributed by atoms with E-state index in [1.54, 1.807) is 36.9 Å². The standard InChI is InChI=1S/C19H14N6.C11H9BrN6.C8H6/c20-19-21-9-8-17(24-19)23-16-10-14(18-15(11-16)12-22-25-18)7-6-13-4-2-1-3-5-13;12-8-4-7(3-6-5-15-18-10(6)8)16-9-1-2-14-11(13)17-9;1-2-8-6-4-3-5-7-8/h1-5,8-12H,(H,22,25)(H3,20,21,23,24);1-5H,(H,15,18)(H3,13,14,16,17);1,3-7H. The maximum absolute atomic E-state index is 5.63. The van der Waals surface area contributed by atoms with Crippen molar-refractivity contribution in [3.63, 3.8) is 0 Å². The number of aromatic nitrogens is 8. The Bertz CT molecular complexity index is 2490. The number of terminal acetylenes is 1. The Morgan fingerprint density at radius 3 is 1.71 bits per heavy atom. The molecule has 8 aromatic rings. The Hall–Kier alpha value is -7.22. The average molecular weight is 734 g/mol. The third-order valence-corrected chi connectivity index (χ3v) is 7.62. The van der Waals surface area contributed by atoms with Crippen molar-refractivity contribution in [2.75, 3.05) is 22.1 Å². The average Bonchev–Trinajstić information content (AvgIpc) is 3.83. The van der Waals surface area contributed by atoms with Gasteiger partial charge in [-0.25, -0.2) is 9.97 Å². The Labute approximate surface area is 301 Å². The third kappa shape index (κ3) is 9.23. The molecule has 248 valence electrons. The van der Waals surface area contributed by atoms with E-state index < -0.39 is 0 Å². The second-order valence-electron chi connectivity index (χ2n) is 10.6. The van der Waals surface area contributed by atoms with Gasteiger partial charge < -0.3 is 22.1 Å². The Balaban J connectivity index is 0.000000150. The summed E-state index contributed by atoms with van der Waals surface area (Å²) in [6, 6.07) is 30.8. The zero-order valence-corrected chi connectivity index (χ0v) is 28.4. The quantitative estimate of drug-likeness (QED) is 0.101. The van der Waals surface area contributed by atoms with Gasteiger partial charge in [-0.2, -0.15) is 20.2 Å². The molecule has 8 rings (SSSR count). The molecule has 0 aliphatic rings. The molecule has 13 heteroatoms. The van der Waals surface area contributed by atoms with Gasteiger partial charge in [-0.3, -0.25) is 10.2 Å². The van der Waals surface area contributed by atoms with Crippen LogP contribution in [0.25, 0.3) is 21.8 Å². The zero-order chi connectivity index (χ0) is 35.4. The molecule has 51 heavy (non-hydrogen) atoms. The van der Waals surface area contributed by atoms with E-state index >= 15 is 0 Å². The third-order valence-electron chi connectivity index (χ3n) is 7.00. The van der Waals surface area contributed by atoms with Crippen LogP contribution in [0.3, 0.4) is 0 Å². The van der Waals surface area contributed by atoms with Gasteiger partial charge in [0, 0.05) is 50.1 Å². The van der Waals surface area contributed by atoms with Crippen LogP contribution in [0.4, 0.5) is 34.9 Å². The molecule has 4 aromatic heterocycles. The van der Waals surface area contributed by atoms with Gasteiger partial charge >= 0.3 is 0 Å². The summed E-state index contributed by atoms with van der Waals surface area (Å²) >= 11 is 3.49. The molecular weight excluding hydrogens is 704 g/mol. The number of hydrogen-bond donors (Lipinski definition) is 6. The topological polar surface area (TPSA) is 185 Å². The van der Waals surface area contributed by atoms with Crippen LogP contribution in [0.5, 0.6) is 0 Å². The lowest BCUT2D eigenvalue weighted by Gasteiger charge is -2.07. The van der Waals surface area contributed by atoms with Crippen molar-refractivity contribution in [2.45, 2.75) is 0 Å². The summed E-state index contributed by atoms with van der Waals surface area (Å²) in [7, 11) is 0. The summed E-state index contributed by atoms with van der Waals surface area (Å²) in [6.07, 6.45) is 11.8. The van der Waals surface area contributed by atoms with Gasteiger partial charge in [0.2, 0.25) is 11.9 Å². The first-order valence-corrected chi connectivity index (χ1v) is 16.1. The summed E-state index contributed by atoms with van der Waals surface area (Å²) in [6.45, 7) is 0. The summed E-state index contributed by atoms with van der Waals surface area (Å²) in [5, 5.41) is 22.4. The largest absolute Gasteiger partial charge is 0.368 e. The molecule has 0 aliphatic carbocycles. The highest BCUT2D eigenvalue weighted by atomic mass is 79.9. The van der Waals surface area contributed by atoms with Gasteiger partial charge in [-0.1, -0.05) is 54.2 Å². The number of aromatic amines is 2. The Morgan fingerprint density at radius 1 is 0.627 bits per heavy atom. The number of nitrogens with zero attached hydrogens (tertiary/aromatic N) is 6. The lowest BCUT2D eigenvalue weighted by atomic mass is 10.1. The van der Waals surface area contributed by atoms with Crippen LogP contribution in [0.15, 0.2) is 126 Å². The lowest BCUT2D eigenvalue weighted by molar-refractivity contribution is 1.12. The predicted octanol–water partition coefficient (Wildman–Crippen LogP) is 7.19. The van der Waals surface area contributed by atoms with Gasteiger partial charge in [0.1, 0.15) is 11.6 Å². The van der Waals surface area contributed by atoms with E-state index in [-0.39, 0.29) is 11.9 Å². The fourth-order valence-electron chi connectivity index (χ4n) is 4.69. The number of benzene rings is 4. The van der Waals surface area contributed by atoms with Crippen molar-refractivity contribution in [3.8, 4) is 24.2 Å². The van der Waals surface area contributed by atoms with Gasteiger partial charge in [0.05, 0.1) is 29.0 Å². The van der Waals surface area contributed by atoms with Crippen LogP contribution >= 0.6 is 15.9 Å². The van der Waals surface area contributed by atoms with Crippen LogP contribution in [0.1, 0.15) is 16.7 Å². The summed E-state index contributed by atoms with van der Waals surface area (Å²) in [5.41, 5.74) is 17.5. The van der Waals surface area contributed by atoms with Gasteiger partial charge in [-0.05, 0) is 76.6 Å². The van der Waals surface area contributed by atoms with Crippen molar-refractivity contribution in [1.82, 2.24) is 40.3 Å². The number of nitrogens with one attached hydrogen (secondary N) is 4. The molecule has 0 saturated heterocycles. The molecule has 0 amide bonds. The highest BCUT2D eigenvalue weighted by molar-refractivity contribution is 9.10. The number of hydrogen-bond acceptors (Lipinski definition) is 10. The van der Waals surface area contributed by atoms with Crippen LogP contribution in [-0.2, 0) is 0 Å². The molecule has 0 fully saturated rings. The monoisotopic (exact) mass is 732 g/mol. The molecule has 0 bridgehead atoms. The van der Waals surface area contributed by atoms with Crippen molar-refractivity contribution in [1.29, 1.82) is 0 Å². The zero-order valence-electron chi connectivity index (χ0n) is 26.8. The van der Waals surface area contributed by atoms with E-state index in [1.165, 1.54) is 0 Å². The number of nitrogens with two attached hydrogens (primary N) is 2. The molecule has 0 atom stereocenters. The second-order valence-corrected chi connectivity index (χ2v) is 11.5. The van der Waals surface area contributed by atoms with Crippen LogP contribution in [0.2, 0.25) is 0 Å². The first-order valence-electron chi connectivity index (χ1n) is 15.3. The van der Waals surface area contributed by atoms with E-state index in [0.29, 0.717) is 11.6 Å². The molecule has 0 radical (unpaired) electrons. The molecule has 0 saturated carbocycles. The smallest absolute Gasteiger partial charge is 0.221 e. The van der Waals surface area contributed by atoms with Crippen molar-refractivity contribution < 1.29 is 0 Å². The minimum atomic E-state index is 0.221. The fourth-order valence-corrected chi connectivity index (χ4v) is 5.26. The minimum absolute atomic E-state index is 0.221. The number of nitrogen functional groups attached to an aromatic ring is 2. The number of H-pyrrole nitrogens is 2. The molecule has 0 unspecified atom stereocenters. The van der Waals surface area contributed by atoms with Gasteiger partial charge in [-0.15, -0.1) is 6.42 Å². The van der Waals surface area contributed by atoms with E-state index in [9.17, 15) is 0 Å². The second kappa shape index (κ2) is 16.3. The molecule has 8 N–H and O–H groups in total. The van der Waals surface area contributed by atoms with Crippen molar-refractivity contribution >= 4 is 72.6 Å². The normalized spacial score (nSPS) is 10.0. The maximum Gasteiger partial charge on any atom is 0.221 e. The number of rotatable bonds is 4. The van der Waals surface area contributed by atoms with E-state index in [1.807, 2.05) is 84.9 Å². The van der Waals surface area contributed by atoms with Gasteiger partial charge in [0.25, 0.3) is 0 Å². The van der Waals surface area contributed by atoms with Crippen LogP contribution in [-0.4, -0.2) is 40.3 Å². The molecule has 4 aromatic carbocycles. The van der Waals surface area contributed by atoms with E-state index in [4.69, 9.17) is 17.9 Å². The first-order chi connectivity index (χ1) is 24.9. The van der Waals surface area contributed by atoms with Crippen LogP contribution in [0, 0.1) is 24.2 Å². The number of anilines is 6. The molecule has 0 aliphatic heterocycles. The summed E-state index contributed by atoms with van der Waals surface area (Å²) < 4.78 is 0.932. The van der Waals surface area contributed by atoms with Gasteiger partial charge in [0.15, 0.2) is 0 Å². The maximum atomic E-state index is 5.63. The van der Waals surface area contributed by atoms with Crippen molar-refractivity contribution in [2.24, 2.45) is 0 Å². The Kier molecular flexibility index (Phi) is 10.7.